The van der Waals surface area contributed by atoms with Crippen molar-refractivity contribution in [3.8, 4) is 0 Å². The van der Waals surface area contributed by atoms with E-state index in [4.69, 9.17) is 9.05 Å². The topological polar surface area (TPSA) is 92.2 Å². The molecule has 2 rings (SSSR count). The minimum atomic E-state index is -3.94. The van der Waals surface area contributed by atoms with Crippen LogP contribution in [0.25, 0.3) is 5.53 Å². The molecule has 0 unspecified atom stereocenters. The van der Waals surface area contributed by atoms with E-state index in [1.165, 1.54) is 6.42 Å². The predicted molar refractivity (Wildman–Crippen MR) is 90.2 cm³/mol. The number of ketones is 1. The molecule has 1 heterocycles. The van der Waals surface area contributed by atoms with E-state index in [0.717, 1.165) is 45.7 Å². The van der Waals surface area contributed by atoms with Crippen molar-refractivity contribution in [3.05, 3.63) is 40.9 Å². The Kier molecular flexibility index (Phi) is 6.60. The van der Waals surface area contributed by atoms with Crippen LogP contribution in [0.5, 0.6) is 0 Å². The molecule has 1 fully saturated rings. The summed E-state index contributed by atoms with van der Waals surface area (Å²) in [6, 6.07) is 7.04. The van der Waals surface area contributed by atoms with Gasteiger partial charge in [0.1, 0.15) is 0 Å². The molecule has 0 saturated carbocycles. The third-order valence-electron chi connectivity index (χ3n) is 4.14. The Balaban J connectivity index is 2.32. The van der Waals surface area contributed by atoms with E-state index in [1.54, 1.807) is 12.1 Å². The van der Waals surface area contributed by atoms with Gasteiger partial charge in [0.25, 0.3) is 5.78 Å². The van der Waals surface area contributed by atoms with E-state index < -0.39 is 18.8 Å². The molecule has 1 aromatic rings. The molecule has 1 aromatic carbocycles. The van der Waals surface area contributed by atoms with Crippen LogP contribution in [0, 0.1) is 0 Å². The standard InChI is InChI=1S/C16H22N3O4P/c1-22-24(21,23-2)16(18-17)15(20)14-9-5-4-8-13(14)12-19-10-6-3-7-11-19/h4-5,8-9H,3,6-7,10-12H2,1-2H3. The second-order valence-corrected chi connectivity index (χ2v) is 7.76. The highest BCUT2D eigenvalue weighted by Crippen LogP contribution is 2.48. The summed E-state index contributed by atoms with van der Waals surface area (Å²) in [5.41, 5.74) is 9.71. The number of benzene rings is 1. The van der Waals surface area contributed by atoms with Crippen molar-refractivity contribution in [1.29, 1.82) is 0 Å². The molecule has 0 aliphatic carbocycles. The highest BCUT2D eigenvalue weighted by Gasteiger charge is 2.45. The van der Waals surface area contributed by atoms with Crippen molar-refractivity contribution < 1.29 is 23.2 Å². The number of Topliss-reactive ketones (excluding diaryl/α,β-unsaturated/α-hetero) is 1. The molecule has 0 bridgehead atoms. The Morgan fingerprint density at radius 1 is 1.21 bits per heavy atom. The molecule has 0 radical (unpaired) electrons. The van der Waals surface area contributed by atoms with Gasteiger partial charge in [0.2, 0.25) is 0 Å². The lowest BCUT2D eigenvalue weighted by Gasteiger charge is -2.27. The molecule has 0 N–H and O–H groups in total. The largest absolute Gasteiger partial charge is 0.448 e. The maximum atomic E-state index is 12.8. The van der Waals surface area contributed by atoms with Gasteiger partial charge in [-0.25, -0.2) is 4.57 Å². The van der Waals surface area contributed by atoms with Crippen LogP contribution >= 0.6 is 7.60 Å². The number of piperidine rings is 1. The Morgan fingerprint density at radius 3 is 2.42 bits per heavy atom. The lowest BCUT2D eigenvalue weighted by Crippen LogP contribution is -2.30. The normalized spacial score (nSPS) is 15.8. The van der Waals surface area contributed by atoms with Crippen LogP contribution < -0.4 is 0 Å². The van der Waals surface area contributed by atoms with Gasteiger partial charge in [-0.15, -0.1) is 0 Å². The number of carbonyl (C=O) groups excluding carboxylic acids is 1. The Morgan fingerprint density at radius 2 is 1.83 bits per heavy atom. The summed E-state index contributed by atoms with van der Waals surface area (Å²) in [5.74, 6) is -0.655. The van der Waals surface area contributed by atoms with Crippen molar-refractivity contribution in [2.24, 2.45) is 0 Å². The van der Waals surface area contributed by atoms with Crippen molar-refractivity contribution in [2.75, 3.05) is 27.3 Å². The van der Waals surface area contributed by atoms with E-state index in [1.807, 2.05) is 12.1 Å². The van der Waals surface area contributed by atoms with Gasteiger partial charge < -0.3 is 14.6 Å². The monoisotopic (exact) mass is 351 g/mol. The van der Waals surface area contributed by atoms with Crippen molar-refractivity contribution in [3.63, 3.8) is 0 Å². The summed E-state index contributed by atoms with van der Waals surface area (Å²) >= 11 is 0. The van der Waals surface area contributed by atoms with Gasteiger partial charge in [0, 0.05) is 26.3 Å². The smallest absolute Gasteiger partial charge is 0.360 e. The molecular weight excluding hydrogens is 329 g/mol. The summed E-state index contributed by atoms with van der Waals surface area (Å²) < 4.78 is 22.0. The van der Waals surface area contributed by atoms with Gasteiger partial charge in [-0.3, -0.25) is 9.69 Å². The SMILES string of the molecule is COP(=O)(OC)C(=[N+]=[N-])C(=O)c1ccccc1CN1CCCCC1. The van der Waals surface area contributed by atoms with Crippen LogP contribution in [-0.2, 0) is 20.2 Å². The van der Waals surface area contributed by atoms with E-state index >= 15 is 0 Å². The van der Waals surface area contributed by atoms with Crippen LogP contribution in [-0.4, -0.2) is 48.2 Å². The fraction of sp³-hybridized carbons (Fsp3) is 0.500. The molecule has 0 atom stereocenters. The van der Waals surface area contributed by atoms with E-state index in [9.17, 15) is 14.9 Å². The second kappa shape index (κ2) is 8.47. The summed E-state index contributed by atoms with van der Waals surface area (Å²) in [7, 11) is -1.66. The minimum absolute atomic E-state index is 0.338. The van der Waals surface area contributed by atoms with Gasteiger partial charge >= 0.3 is 13.0 Å². The highest BCUT2D eigenvalue weighted by atomic mass is 31.2. The third kappa shape index (κ3) is 4.07. The molecule has 1 aliphatic heterocycles. The van der Waals surface area contributed by atoms with Gasteiger partial charge in [-0.2, -0.15) is 4.79 Å². The predicted octanol–water partition coefficient (Wildman–Crippen LogP) is 2.97. The Labute approximate surface area is 141 Å². The van der Waals surface area contributed by atoms with Crippen LogP contribution in [0.15, 0.2) is 24.3 Å². The molecule has 24 heavy (non-hydrogen) atoms. The van der Waals surface area contributed by atoms with Gasteiger partial charge in [-0.05, 0) is 31.5 Å². The zero-order valence-corrected chi connectivity index (χ0v) is 14.9. The number of hydrogen-bond donors (Lipinski definition) is 0. The fourth-order valence-electron chi connectivity index (χ4n) is 2.83. The molecule has 0 aromatic heterocycles. The van der Waals surface area contributed by atoms with Crippen LogP contribution in [0.1, 0.15) is 35.2 Å². The molecule has 1 aliphatic rings. The van der Waals surface area contributed by atoms with E-state index in [-0.39, 0.29) is 0 Å². The summed E-state index contributed by atoms with van der Waals surface area (Å²) in [5, 5.41) is 0. The maximum Gasteiger partial charge on any atom is 0.448 e. The van der Waals surface area contributed by atoms with Gasteiger partial charge in [0.05, 0.1) is 0 Å². The van der Waals surface area contributed by atoms with Gasteiger partial charge in [-0.1, -0.05) is 30.7 Å². The molecule has 8 heteroatoms. The van der Waals surface area contributed by atoms with Crippen LogP contribution in [0.4, 0.5) is 0 Å². The van der Waals surface area contributed by atoms with Crippen molar-refractivity contribution in [1.82, 2.24) is 4.90 Å². The molecule has 1 saturated heterocycles. The first-order valence-electron chi connectivity index (χ1n) is 7.85. The molecule has 0 amide bonds. The zero-order chi connectivity index (χ0) is 17.6. The third-order valence-corrected chi connectivity index (χ3v) is 5.92. The first kappa shape index (κ1) is 18.7. The summed E-state index contributed by atoms with van der Waals surface area (Å²) in [6.07, 6.45) is 3.51. The Bertz CT molecular complexity index is 686. The zero-order valence-electron chi connectivity index (χ0n) is 14.0. The molecular formula is C16H22N3O4P. The summed E-state index contributed by atoms with van der Waals surface area (Å²) in [4.78, 5) is 17.9. The second-order valence-electron chi connectivity index (χ2n) is 5.61. The molecule has 7 nitrogen and oxygen atoms in total. The number of carbonyl (C=O) groups is 1. The lowest BCUT2D eigenvalue weighted by atomic mass is 10.0. The lowest BCUT2D eigenvalue weighted by molar-refractivity contribution is -0.00426. The number of rotatable bonds is 7. The van der Waals surface area contributed by atoms with E-state index in [0.29, 0.717) is 12.1 Å². The number of likely N-dealkylation sites (tertiary alicyclic amines) is 1. The average Bonchev–Trinajstić information content (AvgIpc) is 2.63. The van der Waals surface area contributed by atoms with Crippen LogP contribution in [0.3, 0.4) is 0 Å². The number of nitrogens with zero attached hydrogens (tertiary/aromatic N) is 3. The highest BCUT2D eigenvalue weighted by molar-refractivity contribution is 7.75. The van der Waals surface area contributed by atoms with Crippen molar-refractivity contribution >= 4 is 18.8 Å². The summed E-state index contributed by atoms with van der Waals surface area (Å²) in [6.45, 7) is 2.58. The number of hydrogen-bond acceptors (Lipinski definition) is 5. The maximum absolute atomic E-state index is 12.8. The van der Waals surface area contributed by atoms with Gasteiger partial charge in [0.15, 0.2) is 0 Å². The molecule has 0 spiro atoms. The first-order chi connectivity index (χ1) is 11.6. The first-order valence-corrected chi connectivity index (χ1v) is 9.39. The Hall–Kier alpha value is -1.62. The average molecular weight is 351 g/mol. The minimum Gasteiger partial charge on any atom is -0.360 e. The van der Waals surface area contributed by atoms with Crippen LogP contribution in [0.2, 0.25) is 0 Å². The fourth-order valence-corrected chi connectivity index (χ4v) is 3.80. The van der Waals surface area contributed by atoms with Crippen molar-refractivity contribution in [2.45, 2.75) is 25.8 Å². The quantitative estimate of drug-likeness (QED) is 0.248. The molecule has 130 valence electrons. The van der Waals surface area contributed by atoms with E-state index in [2.05, 4.69) is 9.69 Å².